The van der Waals surface area contributed by atoms with Gasteiger partial charge in [0.25, 0.3) is 0 Å². The largest absolute Gasteiger partial charge is 0.489 e. The van der Waals surface area contributed by atoms with Crippen molar-refractivity contribution in [1.82, 2.24) is 0 Å². The molecule has 2 aromatic rings. The minimum Gasteiger partial charge on any atom is -0.489 e. The van der Waals surface area contributed by atoms with Gasteiger partial charge in [-0.15, -0.1) is 0 Å². The number of nitrogens with two attached hydrogens (primary N) is 1. The fraction of sp³-hybridized carbons (Fsp3) is 0.0769. The van der Waals surface area contributed by atoms with Gasteiger partial charge in [0.05, 0.1) is 15.7 Å². The molecule has 0 heterocycles. The highest BCUT2D eigenvalue weighted by Gasteiger charge is 2.07. The Labute approximate surface area is 114 Å². The van der Waals surface area contributed by atoms with Gasteiger partial charge in [-0.2, -0.15) is 0 Å². The maximum absolute atomic E-state index is 13.4. The number of halogens is 3. The smallest absolute Gasteiger partial charge is 0.129 e. The van der Waals surface area contributed by atoms with Gasteiger partial charge in [0, 0.05) is 17.7 Å². The van der Waals surface area contributed by atoms with Gasteiger partial charge in [-0.3, -0.25) is 0 Å². The number of hydrogen-bond acceptors (Lipinski definition) is 2. The van der Waals surface area contributed by atoms with Crippen molar-refractivity contribution in [3.05, 3.63) is 57.8 Å². The van der Waals surface area contributed by atoms with Gasteiger partial charge in [0.1, 0.15) is 18.2 Å². The molecule has 0 fully saturated rings. The van der Waals surface area contributed by atoms with Gasteiger partial charge in [-0.05, 0) is 6.07 Å². The zero-order valence-electron chi connectivity index (χ0n) is 9.29. The summed E-state index contributed by atoms with van der Waals surface area (Å²) >= 11 is 11.7. The van der Waals surface area contributed by atoms with Crippen molar-refractivity contribution in [2.75, 3.05) is 5.73 Å². The highest BCUT2D eigenvalue weighted by Crippen LogP contribution is 2.32. The van der Waals surface area contributed by atoms with Gasteiger partial charge < -0.3 is 10.5 Å². The third-order valence-electron chi connectivity index (χ3n) is 2.40. The quantitative estimate of drug-likeness (QED) is 0.854. The minimum absolute atomic E-state index is 0.100. The van der Waals surface area contributed by atoms with E-state index in [2.05, 4.69) is 0 Å². The van der Waals surface area contributed by atoms with Crippen LogP contribution in [0.2, 0.25) is 10.0 Å². The highest BCUT2D eigenvalue weighted by atomic mass is 35.5. The van der Waals surface area contributed by atoms with Crippen molar-refractivity contribution in [2.24, 2.45) is 0 Å². The number of benzene rings is 2. The van der Waals surface area contributed by atoms with Crippen molar-refractivity contribution in [1.29, 1.82) is 0 Å². The average molecular weight is 286 g/mol. The van der Waals surface area contributed by atoms with E-state index < -0.39 is 0 Å². The Kier molecular flexibility index (Phi) is 3.94. The topological polar surface area (TPSA) is 35.2 Å². The summed E-state index contributed by atoms with van der Waals surface area (Å²) < 4.78 is 18.8. The minimum atomic E-state index is -0.315. The second kappa shape index (κ2) is 5.46. The Morgan fingerprint density at radius 2 is 1.72 bits per heavy atom. The van der Waals surface area contributed by atoms with Gasteiger partial charge in [0.2, 0.25) is 0 Å². The van der Waals surface area contributed by atoms with E-state index in [1.807, 2.05) is 0 Å². The van der Waals surface area contributed by atoms with E-state index >= 15 is 0 Å². The fourth-order valence-corrected chi connectivity index (χ4v) is 1.89. The molecule has 0 saturated heterocycles. The third-order valence-corrected chi connectivity index (χ3v) is 3.03. The molecule has 2 nitrogen and oxygen atoms in total. The van der Waals surface area contributed by atoms with Crippen LogP contribution in [0.5, 0.6) is 5.75 Å². The summed E-state index contributed by atoms with van der Waals surface area (Å²) in [6.45, 7) is 0.100. The lowest BCUT2D eigenvalue weighted by molar-refractivity contribution is 0.300. The van der Waals surface area contributed by atoms with Crippen LogP contribution in [0.15, 0.2) is 36.4 Å². The van der Waals surface area contributed by atoms with Crippen LogP contribution in [0.4, 0.5) is 10.1 Å². The van der Waals surface area contributed by atoms with Gasteiger partial charge >= 0.3 is 0 Å². The molecule has 0 saturated carbocycles. The second-order valence-electron chi connectivity index (χ2n) is 3.68. The molecule has 2 rings (SSSR count). The lowest BCUT2D eigenvalue weighted by atomic mass is 10.2. The van der Waals surface area contributed by atoms with Crippen LogP contribution in [0, 0.1) is 5.82 Å². The molecule has 0 radical (unpaired) electrons. The first kappa shape index (κ1) is 13.0. The van der Waals surface area contributed by atoms with Crippen LogP contribution in [-0.2, 0) is 6.61 Å². The Balaban J connectivity index is 2.14. The number of rotatable bonds is 3. The molecule has 18 heavy (non-hydrogen) atoms. The maximum Gasteiger partial charge on any atom is 0.129 e. The summed E-state index contributed by atoms with van der Waals surface area (Å²) in [6, 6.07) is 9.48. The normalized spacial score (nSPS) is 10.4. The lowest BCUT2D eigenvalue weighted by Gasteiger charge is -2.09. The van der Waals surface area contributed by atoms with E-state index in [9.17, 15) is 4.39 Å². The van der Waals surface area contributed by atoms with Gasteiger partial charge in [-0.25, -0.2) is 4.39 Å². The lowest BCUT2D eigenvalue weighted by Crippen LogP contribution is -1.99. The van der Waals surface area contributed by atoms with Crippen LogP contribution in [0.25, 0.3) is 0 Å². The molecule has 5 heteroatoms. The summed E-state index contributed by atoms with van der Waals surface area (Å²) in [4.78, 5) is 0. The molecule has 0 unspecified atom stereocenters. The molecule has 0 spiro atoms. The standard InChI is InChI=1S/C13H10Cl2FNO/c14-10-5-9(6-11(15)13(10)17)18-7-8-3-1-2-4-12(8)16/h1-6H,7,17H2. The molecule has 0 aliphatic heterocycles. The van der Waals surface area contributed by atoms with Crippen molar-refractivity contribution in [3.63, 3.8) is 0 Å². The van der Waals surface area contributed by atoms with E-state index in [4.69, 9.17) is 33.7 Å². The molecule has 2 aromatic carbocycles. The van der Waals surface area contributed by atoms with Crippen molar-refractivity contribution in [3.8, 4) is 5.75 Å². The fourth-order valence-electron chi connectivity index (χ4n) is 1.42. The number of ether oxygens (including phenoxy) is 1. The zero-order valence-corrected chi connectivity index (χ0v) is 10.8. The molecule has 0 aliphatic carbocycles. The molecular weight excluding hydrogens is 276 g/mol. The van der Waals surface area contributed by atoms with Crippen LogP contribution in [0.3, 0.4) is 0 Å². The molecule has 94 valence electrons. The van der Waals surface area contributed by atoms with E-state index in [0.29, 0.717) is 27.0 Å². The Bertz CT molecular complexity index is 552. The average Bonchev–Trinajstić information content (AvgIpc) is 2.35. The Morgan fingerprint density at radius 1 is 1.11 bits per heavy atom. The summed E-state index contributed by atoms with van der Waals surface area (Å²) in [6.07, 6.45) is 0. The van der Waals surface area contributed by atoms with Crippen molar-refractivity contribution >= 4 is 28.9 Å². The predicted octanol–water partition coefficient (Wildman–Crippen LogP) is 4.29. The first-order chi connectivity index (χ1) is 8.58. The van der Waals surface area contributed by atoms with E-state index in [0.717, 1.165) is 0 Å². The summed E-state index contributed by atoms with van der Waals surface area (Å²) in [5, 5.41) is 0.622. The molecule has 0 aromatic heterocycles. The Hall–Kier alpha value is -1.45. The van der Waals surface area contributed by atoms with E-state index in [1.54, 1.807) is 30.3 Å². The van der Waals surface area contributed by atoms with E-state index in [-0.39, 0.29) is 12.4 Å². The SMILES string of the molecule is Nc1c(Cl)cc(OCc2ccccc2F)cc1Cl. The molecule has 0 aliphatic rings. The zero-order chi connectivity index (χ0) is 13.1. The monoisotopic (exact) mass is 285 g/mol. The summed E-state index contributed by atoms with van der Waals surface area (Å²) in [5.74, 6) is 0.132. The van der Waals surface area contributed by atoms with Crippen molar-refractivity contribution < 1.29 is 9.13 Å². The number of nitrogen functional groups attached to an aromatic ring is 1. The van der Waals surface area contributed by atoms with Crippen LogP contribution < -0.4 is 10.5 Å². The molecular formula is C13H10Cl2FNO. The second-order valence-corrected chi connectivity index (χ2v) is 4.50. The number of anilines is 1. The van der Waals surface area contributed by atoms with Crippen molar-refractivity contribution in [2.45, 2.75) is 6.61 Å². The molecule has 0 bridgehead atoms. The first-order valence-electron chi connectivity index (χ1n) is 5.18. The third kappa shape index (κ3) is 2.86. The van der Waals surface area contributed by atoms with Crippen LogP contribution in [-0.4, -0.2) is 0 Å². The van der Waals surface area contributed by atoms with Crippen LogP contribution in [0.1, 0.15) is 5.56 Å². The van der Waals surface area contributed by atoms with Gasteiger partial charge in [0.15, 0.2) is 0 Å². The number of hydrogen-bond donors (Lipinski definition) is 1. The molecule has 0 amide bonds. The Morgan fingerprint density at radius 3 is 2.33 bits per heavy atom. The first-order valence-corrected chi connectivity index (χ1v) is 5.94. The summed E-state index contributed by atoms with van der Waals surface area (Å²) in [7, 11) is 0. The summed E-state index contributed by atoms with van der Waals surface area (Å²) in [5.41, 5.74) is 6.36. The van der Waals surface area contributed by atoms with E-state index in [1.165, 1.54) is 6.07 Å². The molecule has 0 atom stereocenters. The maximum atomic E-state index is 13.4. The van der Waals surface area contributed by atoms with Crippen LogP contribution >= 0.6 is 23.2 Å². The molecule has 2 N–H and O–H groups in total. The van der Waals surface area contributed by atoms with Gasteiger partial charge in [-0.1, -0.05) is 41.4 Å². The highest BCUT2D eigenvalue weighted by molar-refractivity contribution is 6.39. The predicted molar refractivity (Wildman–Crippen MR) is 71.6 cm³/mol.